The maximum absolute atomic E-state index is 10.0. The summed E-state index contributed by atoms with van der Waals surface area (Å²) < 4.78 is 43.7. The minimum Gasteiger partial charge on any atom is -0.390 e. The summed E-state index contributed by atoms with van der Waals surface area (Å²) in [5.74, 6) is 0. The molecule has 22 heavy (non-hydrogen) atoms. The highest BCUT2D eigenvalue weighted by Gasteiger charge is 2.54. The lowest BCUT2D eigenvalue weighted by molar-refractivity contribution is 0.0772. The van der Waals surface area contributed by atoms with E-state index in [9.17, 15) is 4.80 Å². The molecule has 3 atom stereocenters. The maximum Gasteiger partial charge on any atom is 0.489 e. The van der Waals surface area contributed by atoms with Gasteiger partial charge < -0.3 is 39.3 Å². The van der Waals surface area contributed by atoms with Gasteiger partial charge in [0.15, 0.2) is 0 Å². The summed E-state index contributed by atoms with van der Waals surface area (Å²) in [6.07, 6.45) is 0. The molecule has 0 aliphatic heterocycles. The van der Waals surface area contributed by atoms with Crippen molar-refractivity contribution in [2.24, 2.45) is 0 Å². The molecule has 9 nitrogen and oxygen atoms in total. The lowest BCUT2D eigenvalue weighted by Crippen LogP contribution is -2.63. The van der Waals surface area contributed by atoms with Gasteiger partial charge in [-0.25, -0.2) is 0 Å². The molecule has 0 aromatic carbocycles. The Labute approximate surface area is 136 Å². The van der Waals surface area contributed by atoms with Crippen LogP contribution in [0, 0.1) is 0 Å². The molecule has 0 bridgehead atoms. The van der Waals surface area contributed by atoms with E-state index in [2.05, 4.69) is 0 Å². The molecule has 0 radical (unpaired) electrons. The molecule has 0 heterocycles. The van der Waals surface area contributed by atoms with Crippen molar-refractivity contribution in [3.8, 4) is 0 Å². The van der Waals surface area contributed by atoms with Crippen LogP contribution in [0.3, 0.4) is 0 Å². The van der Waals surface area contributed by atoms with Crippen molar-refractivity contribution in [1.29, 1.82) is 0 Å². The predicted octanol–water partition coefficient (Wildman–Crippen LogP) is 0.535. The highest BCUT2D eigenvalue weighted by Crippen LogP contribution is 2.24. The molecular weight excluding hydrogens is 364 g/mol. The van der Waals surface area contributed by atoms with Crippen LogP contribution in [0.5, 0.6) is 0 Å². The van der Waals surface area contributed by atoms with Crippen LogP contribution < -0.4 is 0 Å². The van der Waals surface area contributed by atoms with Crippen LogP contribution in [0.2, 0.25) is 26.2 Å². The average molecular weight is 393 g/mol. The molecule has 3 unspecified atom stereocenters. The van der Waals surface area contributed by atoms with Crippen LogP contribution in [0.4, 0.5) is 0 Å². The summed E-state index contributed by atoms with van der Waals surface area (Å²) in [5.41, 5.74) is 0. The Morgan fingerprint density at radius 1 is 0.500 bits per heavy atom. The van der Waals surface area contributed by atoms with Gasteiger partial charge in [-0.2, -0.15) is 0 Å². The second-order valence-electron chi connectivity index (χ2n) is 4.81. The molecule has 0 aliphatic rings. The zero-order valence-electron chi connectivity index (χ0n) is 14.7. The first-order valence-corrected chi connectivity index (χ1v) is 15.4. The number of rotatable bonds is 11. The number of hydrogen-bond donors (Lipinski definition) is 1. The van der Waals surface area contributed by atoms with Crippen LogP contribution in [-0.2, 0) is 34.5 Å². The van der Waals surface area contributed by atoms with Gasteiger partial charge in [0.2, 0.25) is 0 Å². The normalized spacial score (nSPS) is 21.0. The van der Waals surface area contributed by atoms with Gasteiger partial charge in [-0.3, -0.25) is 0 Å². The van der Waals surface area contributed by atoms with E-state index in [0.717, 1.165) is 0 Å². The monoisotopic (exact) mass is 392 g/mol. The Morgan fingerprint density at radius 2 is 0.818 bits per heavy atom. The Morgan fingerprint density at radius 3 is 1.14 bits per heavy atom. The van der Waals surface area contributed by atoms with Crippen molar-refractivity contribution in [3.05, 3.63) is 0 Å². The fourth-order valence-corrected chi connectivity index (χ4v) is 13.2. The second-order valence-corrected chi connectivity index (χ2v) is 16.3. The molecule has 0 fully saturated rings. The van der Waals surface area contributed by atoms with Crippen molar-refractivity contribution in [2.75, 3.05) is 35.5 Å². The maximum atomic E-state index is 10.0. The SMILES string of the molecule is CO[Si](C)(O)O[Si](C)(OC)O[Si](C)(OC)O[Si](C)(OC)OC. The van der Waals surface area contributed by atoms with Crippen molar-refractivity contribution < 1.29 is 39.3 Å². The molecule has 0 aromatic rings. The van der Waals surface area contributed by atoms with Gasteiger partial charge >= 0.3 is 35.2 Å². The minimum absolute atomic E-state index is 1.36. The summed E-state index contributed by atoms with van der Waals surface area (Å²) in [7, 11) is -5.45. The highest BCUT2D eigenvalue weighted by atomic mass is 28.5. The summed E-state index contributed by atoms with van der Waals surface area (Å²) in [6, 6.07) is 0. The predicted molar refractivity (Wildman–Crippen MR) is 87.0 cm³/mol. The van der Waals surface area contributed by atoms with E-state index in [-0.39, 0.29) is 0 Å². The number of hydrogen-bond acceptors (Lipinski definition) is 9. The van der Waals surface area contributed by atoms with E-state index < -0.39 is 35.2 Å². The lowest BCUT2D eigenvalue weighted by Gasteiger charge is -2.38. The van der Waals surface area contributed by atoms with E-state index >= 15 is 0 Å². The van der Waals surface area contributed by atoms with Gasteiger partial charge in [0.05, 0.1) is 0 Å². The van der Waals surface area contributed by atoms with Crippen LogP contribution in [0.15, 0.2) is 0 Å². The Hall–Kier alpha value is 0.508. The van der Waals surface area contributed by atoms with Crippen molar-refractivity contribution in [3.63, 3.8) is 0 Å². The molecule has 0 aliphatic carbocycles. The topological polar surface area (TPSA) is 94.1 Å². The molecule has 0 saturated carbocycles. The molecule has 0 amide bonds. The van der Waals surface area contributed by atoms with Gasteiger partial charge in [-0.15, -0.1) is 0 Å². The van der Waals surface area contributed by atoms with Gasteiger partial charge in [-0.05, 0) is 0 Å². The summed E-state index contributed by atoms with van der Waals surface area (Å²) in [6.45, 7) is 6.48. The average Bonchev–Trinajstić information content (AvgIpc) is 2.46. The van der Waals surface area contributed by atoms with Crippen LogP contribution in [-0.4, -0.2) is 75.6 Å². The molecule has 0 aromatic heterocycles. The lowest BCUT2D eigenvalue weighted by atomic mass is 11.8. The van der Waals surface area contributed by atoms with Gasteiger partial charge in [0.1, 0.15) is 0 Å². The van der Waals surface area contributed by atoms with E-state index in [1.165, 1.54) is 42.1 Å². The molecular formula is C9H28O9Si4. The third kappa shape index (κ3) is 6.95. The molecule has 0 spiro atoms. The van der Waals surface area contributed by atoms with Crippen LogP contribution in [0.1, 0.15) is 0 Å². The third-order valence-electron chi connectivity index (χ3n) is 2.98. The largest absolute Gasteiger partial charge is 0.489 e. The van der Waals surface area contributed by atoms with Crippen molar-refractivity contribution in [2.45, 2.75) is 26.2 Å². The van der Waals surface area contributed by atoms with Crippen molar-refractivity contribution in [1.82, 2.24) is 0 Å². The van der Waals surface area contributed by atoms with Gasteiger partial charge in [0.25, 0.3) is 0 Å². The molecule has 13 heteroatoms. The smallest absolute Gasteiger partial charge is 0.390 e. The summed E-state index contributed by atoms with van der Waals surface area (Å²) >= 11 is 0. The Bertz CT molecular complexity index is 343. The molecule has 1 N–H and O–H groups in total. The van der Waals surface area contributed by atoms with Gasteiger partial charge in [0, 0.05) is 61.7 Å². The summed E-state index contributed by atoms with van der Waals surface area (Å²) in [5, 5.41) is 0. The fraction of sp³-hybridized carbons (Fsp3) is 1.00. The molecule has 0 rings (SSSR count). The molecule has 0 saturated heterocycles. The Balaban J connectivity index is 5.22. The first-order chi connectivity index (χ1) is 9.92. The van der Waals surface area contributed by atoms with E-state index in [1.807, 2.05) is 0 Å². The fourth-order valence-electron chi connectivity index (χ4n) is 1.43. The third-order valence-corrected chi connectivity index (χ3v) is 15.6. The zero-order valence-corrected chi connectivity index (χ0v) is 18.7. The first-order valence-electron chi connectivity index (χ1n) is 6.51. The van der Waals surface area contributed by atoms with Crippen LogP contribution >= 0.6 is 0 Å². The van der Waals surface area contributed by atoms with E-state index in [1.54, 1.807) is 19.6 Å². The standard InChI is InChI=1S/C9H28O9Si4/c1-11-19(6,10)16-21(8,14-4)18-22(9,15-5)17-20(7,12-2)13-3/h10H,1-9H3. The second kappa shape index (κ2) is 8.56. The van der Waals surface area contributed by atoms with E-state index in [4.69, 9.17) is 34.5 Å². The van der Waals surface area contributed by atoms with Crippen LogP contribution in [0.25, 0.3) is 0 Å². The minimum atomic E-state index is -3.35. The first kappa shape index (κ1) is 22.5. The highest BCUT2D eigenvalue weighted by molar-refractivity contribution is 6.82. The zero-order chi connectivity index (χ0) is 17.7. The molecule has 134 valence electrons. The Kier molecular flexibility index (Phi) is 8.76. The summed E-state index contributed by atoms with van der Waals surface area (Å²) in [4.78, 5) is 10.0. The van der Waals surface area contributed by atoms with Crippen molar-refractivity contribution >= 4 is 35.2 Å². The van der Waals surface area contributed by atoms with E-state index in [0.29, 0.717) is 0 Å². The van der Waals surface area contributed by atoms with Gasteiger partial charge in [-0.1, -0.05) is 0 Å². The quantitative estimate of drug-likeness (QED) is 0.505.